The van der Waals surface area contributed by atoms with Crippen molar-refractivity contribution in [3.8, 4) is 0 Å². The van der Waals surface area contributed by atoms with Gasteiger partial charge in [-0.2, -0.15) is 0 Å². The first-order chi connectivity index (χ1) is 8.59. The van der Waals surface area contributed by atoms with Crippen LogP contribution in [0.3, 0.4) is 0 Å². The van der Waals surface area contributed by atoms with Gasteiger partial charge in [0.2, 0.25) is 0 Å². The van der Waals surface area contributed by atoms with Crippen molar-refractivity contribution in [3.63, 3.8) is 0 Å². The summed E-state index contributed by atoms with van der Waals surface area (Å²) in [5.41, 5.74) is 1.43. The molecule has 0 aromatic heterocycles. The molecule has 1 aromatic carbocycles. The number of benzene rings is 1. The van der Waals surface area contributed by atoms with E-state index >= 15 is 0 Å². The number of carbonyl (C=O) groups excluding carboxylic acids is 1. The van der Waals surface area contributed by atoms with Crippen LogP contribution in [0, 0.1) is 0 Å². The smallest absolute Gasteiger partial charge is 0.328 e. The maximum Gasteiger partial charge on any atom is 0.328 e. The minimum atomic E-state index is -0.898. The summed E-state index contributed by atoms with van der Waals surface area (Å²) >= 11 is 0. The molecule has 0 radical (unpaired) electrons. The molecule has 0 bridgehead atoms. The standard InChI is InChI=1S/C13H15NO4/c1-9(15)10-2-4-11(5-3-10)14-6-7-18-8-12(14)13(16)17/h2-5,12H,6-8H2,1H3,(H,16,17). The van der Waals surface area contributed by atoms with Gasteiger partial charge in [-0.15, -0.1) is 0 Å². The van der Waals surface area contributed by atoms with Crippen molar-refractivity contribution in [2.24, 2.45) is 0 Å². The first-order valence-electron chi connectivity index (χ1n) is 5.78. The molecule has 0 spiro atoms. The number of rotatable bonds is 3. The van der Waals surface area contributed by atoms with E-state index in [1.54, 1.807) is 29.2 Å². The van der Waals surface area contributed by atoms with Gasteiger partial charge in [-0.3, -0.25) is 4.79 Å². The third-order valence-corrected chi connectivity index (χ3v) is 3.02. The summed E-state index contributed by atoms with van der Waals surface area (Å²) in [5, 5.41) is 9.14. The van der Waals surface area contributed by atoms with E-state index in [1.807, 2.05) is 0 Å². The van der Waals surface area contributed by atoms with Crippen LogP contribution in [-0.4, -0.2) is 42.7 Å². The van der Waals surface area contributed by atoms with Crippen LogP contribution in [0.5, 0.6) is 0 Å². The third-order valence-electron chi connectivity index (χ3n) is 3.02. The van der Waals surface area contributed by atoms with Crippen LogP contribution in [0.2, 0.25) is 0 Å². The summed E-state index contributed by atoms with van der Waals surface area (Å²) in [6.45, 7) is 2.74. The molecule has 5 heteroatoms. The van der Waals surface area contributed by atoms with E-state index in [9.17, 15) is 9.59 Å². The molecule has 1 aromatic rings. The second-order valence-corrected chi connectivity index (χ2v) is 4.23. The monoisotopic (exact) mass is 249 g/mol. The van der Waals surface area contributed by atoms with Gasteiger partial charge in [0, 0.05) is 17.8 Å². The van der Waals surface area contributed by atoms with E-state index in [0.29, 0.717) is 18.7 Å². The molecular formula is C13H15NO4. The summed E-state index contributed by atoms with van der Waals surface area (Å²) in [6.07, 6.45) is 0. The molecule has 0 saturated carbocycles. The summed E-state index contributed by atoms with van der Waals surface area (Å²) in [6, 6.07) is 6.32. The molecule has 5 nitrogen and oxygen atoms in total. The molecule has 1 atom stereocenters. The average molecular weight is 249 g/mol. The summed E-state index contributed by atoms with van der Waals surface area (Å²) in [7, 11) is 0. The minimum absolute atomic E-state index is 0.00156. The highest BCUT2D eigenvalue weighted by Gasteiger charge is 2.29. The lowest BCUT2D eigenvalue weighted by Crippen LogP contribution is -2.50. The van der Waals surface area contributed by atoms with Gasteiger partial charge in [0.25, 0.3) is 0 Å². The quantitative estimate of drug-likeness (QED) is 0.815. The lowest BCUT2D eigenvalue weighted by molar-refractivity contribution is -0.141. The van der Waals surface area contributed by atoms with Crippen molar-refractivity contribution in [2.75, 3.05) is 24.7 Å². The van der Waals surface area contributed by atoms with E-state index in [1.165, 1.54) is 6.92 Å². The number of carboxylic acids is 1. The fourth-order valence-electron chi connectivity index (χ4n) is 2.00. The van der Waals surface area contributed by atoms with Crippen molar-refractivity contribution in [2.45, 2.75) is 13.0 Å². The molecule has 1 aliphatic rings. The zero-order valence-corrected chi connectivity index (χ0v) is 10.1. The first kappa shape index (κ1) is 12.6. The van der Waals surface area contributed by atoms with E-state index in [4.69, 9.17) is 9.84 Å². The summed E-state index contributed by atoms with van der Waals surface area (Å²) in [5.74, 6) is -0.899. The molecule has 1 heterocycles. The van der Waals surface area contributed by atoms with Gasteiger partial charge in [0.05, 0.1) is 13.2 Å². The Bertz CT molecular complexity index is 455. The van der Waals surface area contributed by atoms with Crippen molar-refractivity contribution in [1.82, 2.24) is 0 Å². The van der Waals surface area contributed by atoms with Gasteiger partial charge in [-0.1, -0.05) is 0 Å². The molecular weight excluding hydrogens is 234 g/mol. The number of morpholine rings is 1. The molecule has 1 N–H and O–H groups in total. The number of aliphatic carboxylic acids is 1. The van der Waals surface area contributed by atoms with Crippen LogP contribution in [-0.2, 0) is 9.53 Å². The first-order valence-corrected chi connectivity index (χ1v) is 5.78. The number of hydrogen-bond donors (Lipinski definition) is 1. The molecule has 96 valence electrons. The Morgan fingerprint density at radius 2 is 2.00 bits per heavy atom. The minimum Gasteiger partial charge on any atom is -0.480 e. The van der Waals surface area contributed by atoms with Crippen molar-refractivity contribution in [3.05, 3.63) is 29.8 Å². The number of carboxylic acid groups (broad SMARTS) is 1. The van der Waals surface area contributed by atoms with Gasteiger partial charge in [-0.05, 0) is 31.2 Å². The van der Waals surface area contributed by atoms with Crippen LogP contribution in [0.15, 0.2) is 24.3 Å². The Labute approximate surface area is 105 Å². The number of ether oxygens (including phenoxy) is 1. The Morgan fingerprint density at radius 1 is 1.33 bits per heavy atom. The SMILES string of the molecule is CC(=O)c1ccc(N2CCOCC2C(=O)O)cc1. The lowest BCUT2D eigenvalue weighted by atomic mass is 10.1. The fourth-order valence-corrected chi connectivity index (χ4v) is 2.00. The normalized spacial score (nSPS) is 19.6. The number of carbonyl (C=O) groups is 2. The van der Waals surface area contributed by atoms with Crippen LogP contribution in [0.1, 0.15) is 17.3 Å². The molecule has 18 heavy (non-hydrogen) atoms. The van der Waals surface area contributed by atoms with Gasteiger partial charge in [0.1, 0.15) is 0 Å². The molecule has 1 unspecified atom stereocenters. The van der Waals surface area contributed by atoms with E-state index < -0.39 is 12.0 Å². The average Bonchev–Trinajstić information content (AvgIpc) is 2.39. The van der Waals surface area contributed by atoms with Crippen LogP contribution >= 0.6 is 0 Å². The van der Waals surface area contributed by atoms with Gasteiger partial charge < -0.3 is 14.7 Å². The molecule has 0 aliphatic carbocycles. The van der Waals surface area contributed by atoms with Crippen LogP contribution < -0.4 is 4.90 Å². The van der Waals surface area contributed by atoms with E-state index in [0.717, 1.165) is 5.69 Å². The fraction of sp³-hybridized carbons (Fsp3) is 0.385. The number of hydrogen-bond acceptors (Lipinski definition) is 4. The summed E-state index contributed by atoms with van der Waals surface area (Å²) in [4.78, 5) is 24.1. The van der Waals surface area contributed by atoms with Crippen molar-refractivity contribution in [1.29, 1.82) is 0 Å². The van der Waals surface area contributed by atoms with Gasteiger partial charge in [-0.25, -0.2) is 4.79 Å². The number of nitrogens with zero attached hydrogens (tertiary/aromatic N) is 1. The summed E-state index contributed by atoms with van der Waals surface area (Å²) < 4.78 is 5.18. The molecule has 1 fully saturated rings. The highest BCUT2D eigenvalue weighted by molar-refractivity contribution is 5.94. The molecule has 1 saturated heterocycles. The highest BCUT2D eigenvalue weighted by Crippen LogP contribution is 2.20. The Hall–Kier alpha value is -1.88. The second-order valence-electron chi connectivity index (χ2n) is 4.23. The zero-order chi connectivity index (χ0) is 13.1. The van der Waals surface area contributed by atoms with Crippen LogP contribution in [0.25, 0.3) is 0 Å². The Kier molecular flexibility index (Phi) is 3.62. The number of ketones is 1. The predicted octanol–water partition coefficient (Wildman–Crippen LogP) is 1.18. The topological polar surface area (TPSA) is 66.8 Å². The maximum atomic E-state index is 11.2. The largest absolute Gasteiger partial charge is 0.480 e. The molecule has 2 rings (SSSR count). The zero-order valence-electron chi connectivity index (χ0n) is 10.1. The molecule has 1 aliphatic heterocycles. The number of anilines is 1. The van der Waals surface area contributed by atoms with Gasteiger partial charge in [0.15, 0.2) is 11.8 Å². The van der Waals surface area contributed by atoms with Crippen molar-refractivity contribution >= 4 is 17.4 Å². The Morgan fingerprint density at radius 3 is 2.56 bits per heavy atom. The lowest BCUT2D eigenvalue weighted by Gasteiger charge is -2.34. The second kappa shape index (κ2) is 5.18. The predicted molar refractivity (Wildman–Crippen MR) is 66.0 cm³/mol. The maximum absolute atomic E-state index is 11.2. The van der Waals surface area contributed by atoms with Crippen LogP contribution in [0.4, 0.5) is 5.69 Å². The Balaban J connectivity index is 2.23. The number of Topliss-reactive ketones (excluding diaryl/α,β-unsaturated/α-hetero) is 1. The van der Waals surface area contributed by atoms with E-state index in [-0.39, 0.29) is 12.4 Å². The van der Waals surface area contributed by atoms with Gasteiger partial charge >= 0.3 is 5.97 Å². The van der Waals surface area contributed by atoms with E-state index in [2.05, 4.69) is 0 Å². The highest BCUT2D eigenvalue weighted by atomic mass is 16.5. The third kappa shape index (κ3) is 2.51. The molecule has 0 amide bonds. The van der Waals surface area contributed by atoms with Crippen molar-refractivity contribution < 1.29 is 19.4 Å².